The highest BCUT2D eigenvalue weighted by molar-refractivity contribution is 7.80. The molecule has 1 saturated carbocycles. The number of hydrogen-bond donors (Lipinski definition) is 14. The minimum absolute atomic E-state index is 0.0513. The molecule has 4 rings (SSSR count). The number of carbonyl (C=O) groups is 14. The molecule has 2 aromatic carbocycles. The topological polar surface area (TPSA) is 437 Å². The summed E-state index contributed by atoms with van der Waals surface area (Å²) < 4.78 is 0. The van der Waals surface area contributed by atoms with E-state index >= 15 is 9.59 Å². The maximum Gasteiger partial charge on any atom is 0.305 e. The molecule has 29 heteroatoms. The van der Waals surface area contributed by atoms with Crippen LogP contribution in [0.3, 0.4) is 0 Å². The molecule has 14 N–H and O–H groups in total. The molecule has 0 spiro atoms. The second-order valence-corrected chi connectivity index (χ2v) is 24.6. The lowest BCUT2D eigenvalue weighted by Crippen LogP contribution is -2.62. The van der Waals surface area contributed by atoms with E-state index in [0.29, 0.717) is 43.2 Å². The number of amides is 11. The fraction of sp³-hybridized carbons (Fsp3) is 0.594. The summed E-state index contributed by atoms with van der Waals surface area (Å²) in [7, 11) is 0. The lowest BCUT2D eigenvalue weighted by Gasteiger charge is -2.34. The normalized spacial score (nSPS) is 17.2. The Morgan fingerprint density at radius 1 is 0.538 bits per heavy atom. The van der Waals surface area contributed by atoms with Gasteiger partial charge in [0, 0.05) is 31.6 Å². The molecule has 93 heavy (non-hydrogen) atoms. The standard InChI is InChI=1S/C64H93N11O17S/c1-7-9-26-41(56(84)69-45(33-50(81)82)60(88)72-52(35(3)4)55(65)83)68-61(89)47-27-19-30-75(47)64(92)46(34-93)71-58(86)43(31-38-20-13-10-14-21-38)70-62(90)53(36(5)8-2)73-63(91)54(51(39-22-15-11-16-23-39)40-24-17-12-18-25-40)74-57(85)42(28-29-48(77)78)67-59(87)44(32-49(79)80)66-37(6)76/h11-12,15-18,22-25,35-36,38,41-47,51-54,93H,7-10,13-14,19-21,26-34H2,1-6H3,(H2,65,83)(H,66,76)(H,67,87)(H,68,89)(H,69,84)(H,70,90)(H,71,86)(H,72,88)(H,73,91)(H,74,85)(H,77,78)(H,79,80)(H,81,82)/t36?,41-,42-,43-,44-,45-,46-,47+,52-,53-,54-/m0/s1. The van der Waals surface area contributed by atoms with Gasteiger partial charge in [-0.05, 0) is 61.0 Å². The van der Waals surface area contributed by atoms with E-state index < -0.39 is 187 Å². The lowest BCUT2D eigenvalue weighted by molar-refractivity contribution is -0.143. The largest absolute Gasteiger partial charge is 0.481 e. The van der Waals surface area contributed by atoms with Gasteiger partial charge in [0.1, 0.15) is 60.4 Å². The number of nitrogens with zero attached hydrogens (tertiary/aromatic N) is 1. The van der Waals surface area contributed by atoms with Crippen molar-refractivity contribution in [2.24, 2.45) is 23.5 Å². The molecule has 1 unspecified atom stereocenters. The third kappa shape index (κ3) is 24.4. The van der Waals surface area contributed by atoms with Crippen LogP contribution in [0.1, 0.15) is 161 Å². The molecule has 0 bridgehead atoms. The molecule has 1 saturated heterocycles. The van der Waals surface area contributed by atoms with Gasteiger partial charge < -0.3 is 73.8 Å². The summed E-state index contributed by atoms with van der Waals surface area (Å²) in [5.74, 6) is -16.5. The van der Waals surface area contributed by atoms with Crippen molar-refractivity contribution in [1.82, 2.24) is 52.8 Å². The lowest BCUT2D eigenvalue weighted by atomic mass is 9.83. The van der Waals surface area contributed by atoms with Crippen molar-refractivity contribution in [3.05, 3.63) is 71.8 Å². The Balaban J connectivity index is 1.67. The predicted octanol–water partition coefficient (Wildman–Crippen LogP) is 1.28. The monoisotopic (exact) mass is 1320 g/mol. The number of carboxylic acid groups (broad SMARTS) is 3. The van der Waals surface area contributed by atoms with Crippen LogP contribution in [0.5, 0.6) is 0 Å². The van der Waals surface area contributed by atoms with Crippen LogP contribution in [0.15, 0.2) is 60.7 Å². The van der Waals surface area contributed by atoms with Crippen LogP contribution < -0.4 is 53.6 Å². The number of benzene rings is 2. The quantitative estimate of drug-likeness (QED) is 0.0421. The molecule has 1 aliphatic carbocycles. The van der Waals surface area contributed by atoms with Crippen LogP contribution in [0.25, 0.3) is 0 Å². The van der Waals surface area contributed by atoms with E-state index in [-0.39, 0.29) is 43.9 Å². The van der Waals surface area contributed by atoms with Gasteiger partial charge in [0.15, 0.2) is 0 Å². The van der Waals surface area contributed by atoms with E-state index in [0.717, 1.165) is 26.2 Å². The number of nitrogens with two attached hydrogens (primary N) is 1. The molecular weight excluding hydrogens is 1230 g/mol. The zero-order chi connectivity index (χ0) is 69.1. The van der Waals surface area contributed by atoms with E-state index in [9.17, 15) is 72.9 Å². The third-order valence-electron chi connectivity index (χ3n) is 16.7. The zero-order valence-corrected chi connectivity index (χ0v) is 54.5. The maximum absolute atomic E-state index is 15.3. The molecule has 0 radical (unpaired) electrons. The molecule has 2 aliphatic rings. The van der Waals surface area contributed by atoms with Gasteiger partial charge >= 0.3 is 17.9 Å². The average molecular weight is 1320 g/mol. The second kappa shape index (κ2) is 38.4. The van der Waals surface area contributed by atoms with Gasteiger partial charge in [-0.2, -0.15) is 12.6 Å². The number of aliphatic carboxylic acids is 3. The third-order valence-corrected chi connectivity index (χ3v) is 17.1. The van der Waals surface area contributed by atoms with Crippen LogP contribution in [-0.4, -0.2) is 176 Å². The molecule has 28 nitrogen and oxygen atoms in total. The zero-order valence-electron chi connectivity index (χ0n) is 53.6. The minimum Gasteiger partial charge on any atom is -0.481 e. The molecule has 512 valence electrons. The maximum atomic E-state index is 15.3. The highest BCUT2D eigenvalue weighted by atomic mass is 32.1. The Kier molecular flexibility index (Phi) is 31.7. The van der Waals surface area contributed by atoms with Crippen molar-refractivity contribution < 1.29 is 82.4 Å². The molecule has 1 aliphatic heterocycles. The number of carbonyl (C=O) groups excluding carboxylic acids is 11. The van der Waals surface area contributed by atoms with Crippen molar-refractivity contribution in [2.45, 2.75) is 211 Å². The average Bonchev–Trinajstić information content (AvgIpc) is 1.53. The molecule has 2 fully saturated rings. The van der Waals surface area contributed by atoms with Gasteiger partial charge in [-0.25, -0.2) is 0 Å². The SMILES string of the molecule is CCCC[C@H](NC(=O)[C@H]1CCCN1C(=O)[C@H](CS)NC(=O)[C@H](CC1CCCCC1)NC(=O)[C@@H](NC(=O)[C@@H](NC(=O)[C@H](CCC(=O)O)NC(=O)[C@H](CC(=O)O)NC(C)=O)C(c1ccccc1)c1ccccc1)C(C)CC)C(=O)N[C@@H](CC(=O)O)C(=O)N[C@H](C(N)=O)C(C)C. The number of nitrogens with one attached hydrogen (secondary N) is 9. The molecular formula is C64H93N11O17S. The molecule has 1 heterocycles. The van der Waals surface area contributed by atoms with Crippen molar-refractivity contribution in [2.75, 3.05) is 12.3 Å². The highest BCUT2D eigenvalue weighted by Gasteiger charge is 2.43. The summed E-state index contributed by atoms with van der Waals surface area (Å²) in [6, 6.07) is 2.56. The predicted molar refractivity (Wildman–Crippen MR) is 342 cm³/mol. The number of unbranched alkanes of at least 4 members (excludes halogenated alkanes) is 1. The van der Waals surface area contributed by atoms with Crippen LogP contribution in [0, 0.1) is 17.8 Å². The summed E-state index contributed by atoms with van der Waals surface area (Å²) in [5, 5.41) is 52.1. The summed E-state index contributed by atoms with van der Waals surface area (Å²) >= 11 is 4.45. The van der Waals surface area contributed by atoms with Crippen LogP contribution in [0.2, 0.25) is 0 Å². The van der Waals surface area contributed by atoms with E-state index in [1.165, 1.54) is 4.90 Å². The van der Waals surface area contributed by atoms with Crippen molar-refractivity contribution >= 4 is 95.5 Å². The number of likely N-dealkylation sites (tertiary alicyclic amines) is 1. The van der Waals surface area contributed by atoms with Crippen LogP contribution in [-0.2, 0) is 67.1 Å². The first-order chi connectivity index (χ1) is 44.1. The highest BCUT2D eigenvalue weighted by Crippen LogP contribution is 2.31. The molecule has 2 aromatic rings. The van der Waals surface area contributed by atoms with E-state index in [1.54, 1.807) is 88.4 Å². The summed E-state index contributed by atoms with van der Waals surface area (Å²) in [6.07, 6.45) is 2.97. The first kappa shape index (κ1) is 76.8. The summed E-state index contributed by atoms with van der Waals surface area (Å²) in [4.78, 5) is 190. The van der Waals surface area contributed by atoms with Gasteiger partial charge in [-0.1, -0.05) is 147 Å². The Labute approximate surface area is 546 Å². The molecule has 0 aromatic heterocycles. The Morgan fingerprint density at radius 2 is 1.01 bits per heavy atom. The van der Waals surface area contributed by atoms with E-state index in [1.807, 2.05) is 6.92 Å². The molecule has 11 amide bonds. The van der Waals surface area contributed by atoms with Crippen LogP contribution >= 0.6 is 12.6 Å². The number of carboxylic acids is 3. The van der Waals surface area contributed by atoms with Gasteiger partial charge in [0.25, 0.3) is 0 Å². The Morgan fingerprint density at radius 3 is 1.53 bits per heavy atom. The number of rotatable bonds is 38. The second-order valence-electron chi connectivity index (χ2n) is 24.2. The first-order valence-electron chi connectivity index (χ1n) is 31.8. The van der Waals surface area contributed by atoms with Gasteiger partial charge in [0.2, 0.25) is 65.0 Å². The Hall–Kier alpha value is -8.63. The smallest absolute Gasteiger partial charge is 0.305 e. The van der Waals surface area contributed by atoms with Gasteiger partial charge in [-0.15, -0.1) is 0 Å². The minimum atomic E-state index is -1.72. The fourth-order valence-electron chi connectivity index (χ4n) is 11.5. The number of thiol groups is 1. The first-order valence-corrected chi connectivity index (χ1v) is 32.4. The van der Waals surface area contributed by atoms with Crippen molar-refractivity contribution in [3.63, 3.8) is 0 Å². The molecule has 11 atom stereocenters. The number of hydrogen-bond acceptors (Lipinski definition) is 15. The Bertz CT molecular complexity index is 2880. The van der Waals surface area contributed by atoms with Crippen LogP contribution in [0.4, 0.5) is 0 Å². The summed E-state index contributed by atoms with van der Waals surface area (Å²) in [5.41, 5.74) is 6.46. The van der Waals surface area contributed by atoms with Gasteiger partial charge in [-0.3, -0.25) is 67.1 Å². The van der Waals surface area contributed by atoms with E-state index in [2.05, 4.69) is 60.5 Å². The van der Waals surface area contributed by atoms with E-state index in [4.69, 9.17) is 5.73 Å². The summed E-state index contributed by atoms with van der Waals surface area (Å²) in [6.45, 7) is 9.59. The van der Waals surface area contributed by atoms with Crippen molar-refractivity contribution in [1.29, 1.82) is 0 Å². The van der Waals surface area contributed by atoms with Gasteiger partial charge in [0.05, 0.1) is 12.8 Å². The van der Waals surface area contributed by atoms with Crippen molar-refractivity contribution in [3.8, 4) is 0 Å². The fourth-order valence-corrected chi connectivity index (χ4v) is 11.7. The number of primary amides is 1.